The predicted octanol–water partition coefficient (Wildman–Crippen LogP) is 2.68. The molecule has 7 heteroatoms. The lowest BCUT2D eigenvalue weighted by Crippen LogP contribution is -1.91. The molecular weight excluding hydrogens is 260 g/mol. The number of thioether (sulfide) groups is 1. The summed E-state index contributed by atoms with van der Waals surface area (Å²) < 4.78 is 10.2. The first kappa shape index (κ1) is 12.1. The molecule has 0 aromatic carbocycles. The number of hydrogen-bond donors (Lipinski definition) is 1. The molecule has 90 valence electrons. The molecule has 2 rings (SSSR count). The van der Waals surface area contributed by atoms with Crippen molar-refractivity contribution < 1.29 is 14.3 Å². The number of hydrogen-bond acceptors (Lipinski definition) is 6. The van der Waals surface area contributed by atoms with Crippen molar-refractivity contribution in [3.63, 3.8) is 0 Å². The molecule has 0 radical (unpaired) electrons. The lowest BCUT2D eigenvalue weighted by molar-refractivity contribution is 0.0696. The van der Waals surface area contributed by atoms with Crippen LogP contribution >= 0.6 is 23.3 Å². The zero-order valence-electron chi connectivity index (χ0n) is 9.04. The van der Waals surface area contributed by atoms with Crippen molar-refractivity contribution in [2.24, 2.45) is 0 Å². The number of carbonyl (C=O) groups is 1. The second-order valence-corrected chi connectivity index (χ2v) is 5.20. The van der Waals surface area contributed by atoms with E-state index in [1.807, 2.05) is 6.92 Å². The molecule has 17 heavy (non-hydrogen) atoms. The summed E-state index contributed by atoms with van der Waals surface area (Å²) in [7, 11) is 0. The van der Waals surface area contributed by atoms with E-state index in [0.29, 0.717) is 11.5 Å². The molecule has 0 saturated carbocycles. The molecule has 0 aliphatic heterocycles. The Morgan fingerprint density at radius 3 is 3.06 bits per heavy atom. The fraction of sp³-hybridized carbons (Fsp3) is 0.300. The quantitative estimate of drug-likeness (QED) is 0.842. The third kappa shape index (κ3) is 3.07. The Bertz CT molecular complexity index is 521. The average Bonchev–Trinajstić information content (AvgIpc) is 2.95. The minimum Gasteiger partial charge on any atom is -0.478 e. The maximum Gasteiger partial charge on any atom is 0.338 e. The molecule has 2 aromatic heterocycles. The van der Waals surface area contributed by atoms with Gasteiger partial charge >= 0.3 is 5.97 Å². The molecule has 0 saturated heterocycles. The van der Waals surface area contributed by atoms with E-state index in [-0.39, 0.29) is 5.56 Å². The van der Waals surface area contributed by atoms with Crippen LogP contribution in [0, 0.1) is 0 Å². The van der Waals surface area contributed by atoms with Gasteiger partial charge in [-0.2, -0.15) is 4.37 Å². The number of aryl methyl sites for hydroxylation is 1. The zero-order chi connectivity index (χ0) is 12.3. The van der Waals surface area contributed by atoms with E-state index in [0.717, 1.165) is 16.6 Å². The first-order valence-corrected chi connectivity index (χ1v) is 6.71. The van der Waals surface area contributed by atoms with Crippen LogP contribution in [0.1, 0.15) is 28.9 Å². The smallest absolute Gasteiger partial charge is 0.338 e. The molecule has 2 aromatic rings. The van der Waals surface area contributed by atoms with Gasteiger partial charge in [0, 0.05) is 6.42 Å². The topological polar surface area (TPSA) is 76.2 Å². The van der Waals surface area contributed by atoms with Gasteiger partial charge in [0.1, 0.15) is 17.8 Å². The molecule has 0 spiro atoms. The van der Waals surface area contributed by atoms with Crippen LogP contribution in [0.4, 0.5) is 0 Å². The SMILES string of the molecule is CCc1nsc(SCc2cc(C(=O)O)co2)n1. The molecule has 0 fully saturated rings. The molecule has 0 bridgehead atoms. The Kier molecular flexibility index (Phi) is 3.80. The molecule has 0 amide bonds. The van der Waals surface area contributed by atoms with Crippen molar-refractivity contribution in [1.29, 1.82) is 0 Å². The molecule has 2 heterocycles. The molecule has 0 atom stereocenters. The second kappa shape index (κ2) is 5.33. The van der Waals surface area contributed by atoms with Gasteiger partial charge in [0.2, 0.25) is 0 Å². The highest BCUT2D eigenvalue weighted by Crippen LogP contribution is 2.25. The first-order chi connectivity index (χ1) is 8.19. The van der Waals surface area contributed by atoms with Gasteiger partial charge in [-0.25, -0.2) is 9.78 Å². The van der Waals surface area contributed by atoms with Crippen molar-refractivity contribution in [3.05, 3.63) is 29.5 Å². The summed E-state index contributed by atoms with van der Waals surface area (Å²) in [6.45, 7) is 2.00. The maximum atomic E-state index is 10.6. The average molecular weight is 270 g/mol. The van der Waals surface area contributed by atoms with E-state index in [2.05, 4.69) is 9.36 Å². The van der Waals surface area contributed by atoms with Crippen LogP contribution in [0.2, 0.25) is 0 Å². The van der Waals surface area contributed by atoms with Crippen molar-refractivity contribution in [3.8, 4) is 0 Å². The van der Waals surface area contributed by atoms with E-state index >= 15 is 0 Å². The third-order valence-corrected chi connectivity index (χ3v) is 3.90. The number of aromatic carboxylic acids is 1. The summed E-state index contributed by atoms with van der Waals surface area (Å²) >= 11 is 2.84. The van der Waals surface area contributed by atoms with Crippen LogP contribution in [0.25, 0.3) is 0 Å². The first-order valence-electron chi connectivity index (χ1n) is 4.95. The summed E-state index contributed by atoms with van der Waals surface area (Å²) in [5.41, 5.74) is 0.173. The highest BCUT2D eigenvalue weighted by atomic mass is 32.2. The normalized spacial score (nSPS) is 10.6. The molecule has 5 nitrogen and oxygen atoms in total. The predicted molar refractivity (Wildman–Crippen MR) is 64.5 cm³/mol. The number of carboxylic acids is 1. The van der Waals surface area contributed by atoms with Gasteiger partial charge in [0.05, 0.1) is 11.3 Å². The number of nitrogens with zero attached hydrogens (tertiary/aromatic N) is 2. The Labute approximate surface area is 106 Å². The fourth-order valence-corrected chi connectivity index (χ4v) is 2.73. The monoisotopic (exact) mass is 270 g/mol. The molecule has 0 aliphatic rings. The Morgan fingerprint density at radius 2 is 2.47 bits per heavy atom. The lowest BCUT2D eigenvalue weighted by atomic mass is 10.3. The minimum atomic E-state index is -0.978. The summed E-state index contributed by atoms with van der Waals surface area (Å²) in [4.78, 5) is 14.9. The van der Waals surface area contributed by atoms with E-state index in [9.17, 15) is 4.79 Å². The second-order valence-electron chi connectivity index (χ2n) is 3.23. The van der Waals surface area contributed by atoms with Gasteiger partial charge in [-0.1, -0.05) is 18.7 Å². The summed E-state index contributed by atoms with van der Waals surface area (Å²) in [6.07, 6.45) is 2.07. The minimum absolute atomic E-state index is 0.173. The van der Waals surface area contributed by atoms with Gasteiger partial charge in [-0.15, -0.1) is 0 Å². The van der Waals surface area contributed by atoms with Crippen LogP contribution in [0.15, 0.2) is 21.1 Å². The van der Waals surface area contributed by atoms with Crippen molar-refractivity contribution in [1.82, 2.24) is 9.36 Å². The number of carboxylic acid groups (broad SMARTS) is 1. The van der Waals surface area contributed by atoms with E-state index in [4.69, 9.17) is 9.52 Å². The number of aromatic nitrogens is 2. The Hall–Kier alpha value is -1.34. The van der Waals surface area contributed by atoms with Crippen LogP contribution in [-0.4, -0.2) is 20.4 Å². The maximum absolute atomic E-state index is 10.6. The molecular formula is C10H10N2O3S2. The van der Waals surface area contributed by atoms with Crippen LogP contribution < -0.4 is 0 Å². The number of rotatable bonds is 5. The third-order valence-electron chi connectivity index (χ3n) is 2.00. The largest absolute Gasteiger partial charge is 0.478 e. The molecule has 1 N–H and O–H groups in total. The number of furan rings is 1. The highest BCUT2D eigenvalue weighted by Gasteiger charge is 2.09. The van der Waals surface area contributed by atoms with Gasteiger partial charge in [0.15, 0.2) is 4.34 Å². The Balaban J connectivity index is 1.94. The highest BCUT2D eigenvalue weighted by molar-refractivity contribution is 8.00. The standard InChI is InChI=1S/C10H10N2O3S2/c1-2-8-11-10(17-12-8)16-5-7-3-6(4-15-7)9(13)14/h3-4H,2,5H2,1H3,(H,13,14). The molecule has 0 aliphatic carbocycles. The summed E-state index contributed by atoms with van der Waals surface area (Å²) in [5, 5.41) is 8.73. The summed E-state index contributed by atoms with van der Waals surface area (Å²) in [6, 6.07) is 1.52. The van der Waals surface area contributed by atoms with Crippen molar-refractivity contribution >= 4 is 29.3 Å². The lowest BCUT2D eigenvalue weighted by Gasteiger charge is -1.91. The van der Waals surface area contributed by atoms with Crippen molar-refractivity contribution in [2.75, 3.05) is 0 Å². The van der Waals surface area contributed by atoms with Gasteiger partial charge < -0.3 is 9.52 Å². The van der Waals surface area contributed by atoms with Gasteiger partial charge in [0.25, 0.3) is 0 Å². The zero-order valence-corrected chi connectivity index (χ0v) is 10.7. The van der Waals surface area contributed by atoms with Gasteiger partial charge in [-0.3, -0.25) is 0 Å². The fourth-order valence-electron chi connectivity index (χ4n) is 1.14. The Morgan fingerprint density at radius 1 is 1.65 bits per heavy atom. The molecule has 0 unspecified atom stereocenters. The van der Waals surface area contributed by atoms with E-state index in [1.54, 1.807) is 0 Å². The summed E-state index contributed by atoms with van der Waals surface area (Å²) in [5.74, 6) is 1.05. The van der Waals surface area contributed by atoms with E-state index in [1.165, 1.54) is 35.6 Å². The van der Waals surface area contributed by atoms with Crippen LogP contribution in [-0.2, 0) is 12.2 Å². The van der Waals surface area contributed by atoms with Crippen LogP contribution in [0.5, 0.6) is 0 Å². The van der Waals surface area contributed by atoms with Crippen molar-refractivity contribution in [2.45, 2.75) is 23.4 Å². The van der Waals surface area contributed by atoms with Gasteiger partial charge in [-0.05, 0) is 17.6 Å². The van der Waals surface area contributed by atoms with E-state index < -0.39 is 5.97 Å². The van der Waals surface area contributed by atoms with Crippen LogP contribution in [0.3, 0.4) is 0 Å².